The summed E-state index contributed by atoms with van der Waals surface area (Å²) in [7, 11) is 4.49. The quantitative estimate of drug-likeness (QED) is 0.237. The standard InChI is InChI=1S/C23H24N8O6/c1-5-36-15-9-6-13(7-10-15)18-17(26-30-31(18)22-21(24)28-37-29-22)23(32)27-25-12-14-8-11-16(33-2)20(35-4)19(14)34-3/h6-12H,5H2,1-4H3,(H2,24,28)(H,27,32). The molecule has 4 aromatic rings. The van der Waals surface area contributed by atoms with Crippen LogP contribution in [-0.2, 0) is 0 Å². The maximum absolute atomic E-state index is 13.1. The number of nitrogen functional groups attached to an aromatic ring is 1. The number of carbonyl (C=O) groups is 1. The summed E-state index contributed by atoms with van der Waals surface area (Å²) < 4.78 is 27.5. The number of aromatic nitrogens is 5. The molecule has 4 rings (SSSR count). The first-order chi connectivity index (χ1) is 18.0. The minimum absolute atomic E-state index is 0.0254. The molecular weight excluding hydrogens is 484 g/mol. The van der Waals surface area contributed by atoms with Crippen molar-refractivity contribution in [1.82, 2.24) is 30.7 Å². The molecule has 14 heteroatoms. The Morgan fingerprint density at radius 3 is 2.46 bits per heavy atom. The van der Waals surface area contributed by atoms with Crippen LogP contribution in [-0.4, -0.2) is 65.4 Å². The fourth-order valence-corrected chi connectivity index (χ4v) is 3.50. The van der Waals surface area contributed by atoms with Gasteiger partial charge in [0, 0.05) is 11.1 Å². The average Bonchev–Trinajstić information content (AvgIpc) is 3.54. The van der Waals surface area contributed by atoms with Crippen LogP contribution in [0.4, 0.5) is 5.82 Å². The molecule has 0 bridgehead atoms. The molecular formula is C23H24N8O6. The molecule has 2 heterocycles. The number of nitrogens with one attached hydrogen (secondary N) is 1. The van der Waals surface area contributed by atoms with Gasteiger partial charge in [-0.2, -0.15) is 9.78 Å². The van der Waals surface area contributed by atoms with Gasteiger partial charge in [-0.3, -0.25) is 4.79 Å². The molecule has 0 unspecified atom stereocenters. The van der Waals surface area contributed by atoms with E-state index in [1.54, 1.807) is 36.4 Å². The Morgan fingerprint density at radius 2 is 1.84 bits per heavy atom. The van der Waals surface area contributed by atoms with Gasteiger partial charge in [-0.25, -0.2) is 10.1 Å². The molecule has 0 spiro atoms. The predicted octanol–water partition coefficient (Wildman–Crippen LogP) is 2.09. The van der Waals surface area contributed by atoms with Gasteiger partial charge in [0.05, 0.1) is 34.2 Å². The molecule has 0 atom stereocenters. The van der Waals surface area contributed by atoms with Crippen LogP contribution in [0.2, 0.25) is 0 Å². The third-order valence-corrected chi connectivity index (χ3v) is 5.12. The molecule has 2 aromatic carbocycles. The van der Waals surface area contributed by atoms with E-state index in [2.05, 4.69) is 31.2 Å². The van der Waals surface area contributed by atoms with Crippen molar-refractivity contribution in [2.45, 2.75) is 6.92 Å². The molecule has 0 aliphatic heterocycles. The van der Waals surface area contributed by atoms with Gasteiger partial charge < -0.3 is 24.7 Å². The van der Waals surface area contributed by atoms with E-state index >= 15 is 0 Å². The average molecular weight is 508 g/mol. The van der Waals surface area contributed by atoms with E-state index in [-0.39, 0.29) is 17.3 Å². The lowest BCUT2D eigenvalue weighted by atomic mass is 10.1. The highest BCUT2D eigenvalue weighted by atomic mass is 16.6. The third-order valence-electron chi connectivity index (χ3n) is 5.12. The summed E-state index contributed by atoms with van der Waals surface area (Å²) in [6.07, 6.45) is 1.40. The zero-order valence-corrected chi connectivity index (χ0v) is 20.5. The van der Waals surface area contributed by atoms with Crippen LogP contribution in [0.25, 0.3) is 17.1 Å². The van der Waals surface area contributed by atoms with Crippen LogP contribution in [0.1, 0.15) is 23.0 Å². The van der Waals surface area contributed by atoms with Crippen LogP contribution in [0.5, 0.6) is 23.0 Å². The molecule has 1 amide bonds. The van der Waals surface area contributed by atoms with E-state index < -0.39 is 5.91 Å². The molecule has 0 radical (unpaired) electrons. The Bertz CT molecular complexity index is 1410. The first-order valence-corrected chi connectivity index (χ1v) is 10.9. The molecule has 0 saturated carbocycles. The smallest absolute Gasteiger partial charge is 0.294 e. The number of hydrogen-bond donors (Lipinski definition) is 2. The molecule has 0 saturated heterocycles. The highest BCUT2D eigenvalue weighted by molar-refractivity contribution is 5.99. The fourth-order valence-electron chi connectivity index (χ4n) is 3.50. The Labute approximate surface area is 210 Å². The van der Waals surface area contributed by atoms with Gasteiger partial charge in [-0.15, -0.1) is 5.10 Å². The lowest BCUT2D eigenvalue weighted by Gasteiger charge is -2.13. The summed E-state index contributed by atoms with van der Waals surface area (Å²) in [5, 5.41) is 19.5. The van der Waals surface area contributed by atoms with Crippen molar-refractivity contribution in [3.8, 4) is 40.1 Å². The van der Waals surface area contributed by atoms with E-state index in [1.807, 2.05) is 6.92 Å². The van der Waals surface area contributed by atoms with E-state index in [4.69, 9.17) is 29.3 Å². The van der Waals surface area contributed by atoms with Crippen molar-refractivity contribution in [3.63, 3.8) is 0 Å². The first-order valence-electron chi connectivity index (χ1n) is 10.9. The minimum atomic E-state index is -0.638. The van der Waals surface area contributed by atoms with Gasteiger partial charge in [-0.1, -0.05) is 5.21 Å². The van der Waals surface area contributed by atoms with Gasteiger partial charge in [0.2, 0.25) is 17.4 Å². The summed E-state index contributed by atoms with van der Waals surface area (Å²) >= 11 is 0. The number of methoxy groups -OCH3 is 3. The van der Waals surface area contributed by atoms with Crippen LogP contribution in [0, 0.1) is 0 Å². The van der Waals surface area contributed by atoms with E-state index in [0.717, 1.165) is 0 Å². The number of hydrogen-bond acceptors (Lipinski definition) is 12. The van der Waals surface area contributed by atoms with Crippen molar-refractivity contribution >= 4 is 17.9 Å². The zero-order chi connectivity index (χ0) is 26.4. The number of ether oxygens (including phenoxy) is 4. The monoisotopic (exact) mass is 508 g/mol. The summed E-state index contributed by atoms with van der Waals surface area (Å²) in [5.74, 6) is 1.33. The molecule has 3 N–H and O–H groups in total. The molecule has 0 fully saturated rings. The first kappa shape index (κ1) is 25.0. The van der Waals surface area contributed by atoms with Crippen LogP contribution >= 0.6 is 0 Å². The van der Waals surface area contributed by atoms with Crippen LogP contribution < -0.4 is 30.1 Å². The number of benzene rings is 2. The Morgan fingerprint density at radius 1 is 1.08 bits per heavy atom. The summed E-state index contributed by atoms with van der Waals surface area (Å²) in [4.78, 5) is 13.1. The van der Waals surface area contributed by atoms with Crippen LogP contribution in [0.15, 0.2) is 46.1 Å². The Balaban J connectivity index is 1.67. The Kier molecular flexibility index (Phi) is 7.47. The topological polar surface area (TPSA) is 174 Å². The molecule has 37 heavy (non-hydrogen) atoms. The predicted molar refractivity (Wildman–Crippen MR) is 131 cm³/mol. The molecule has 192 valence electrons. The SMILES string of the molecule is CCOc1ccc(-c2c(C(=O)NN=Cc3ccc(OC)c(OC)c3OC)nnn2-c2nonc2N)cc1. The van der Waals surface area contributed by atoms with Crippen molar-refractivity contribution < 1.29 is 28.4 Å². The van der Waals surface area contributed by atoms with Gasteiger partial charge >= 0.3 is 0 Å². The summed E-state index contributed by atoms with van der Waals surface area (Å²) in [6, 6.07) is 10.4. The number of nitrogens with zero attached hydrogens (tertiary/aromatic N) is 6. The molecule has 2 aromatic heterocycles. The minimum Gasteiger partial charge on any atom is -0.494 e. The fraction of sp³-hybridized carbons (Fsp3) is 0.217. The second kappa shape index (κ2) is 11.1. The number of rotatable bonds is 10. The number of hydrazone groups is 1. The molecule has 14 nitrogen and oxygen atoms in total. The highest BCUT2D eigenvalue weighted by Crippen LogP contribution is 2.39. The van der Waals surface area contributed by atoms with E-state index in [1.165, 1.54) is 32.2 Å². The zero-order valence-electron chi connectivity index (χ0n) is 20.5. The lowest BCUT2D eigenvalue weighted by molar-refractivity contribution is 0.0950. The molecule has 0 aliphatic carbocycles. The van der Waals surface area contributed by atoms with Crippen molar-refractivity contribution in [2.75, 3.05) is 33.7 Å². The maximum Gasteiger partial charge on any atom is 0.294 e. The van der Waals surface area contributed by atoms with Gasteiger partial charge in [0.1, 0.15) is 11.4 Å². The van der Waals surface area contributed by atoms with Gasteiger partial charge in [-0.05, 0) is 53.6 Å². The second-order valence-corrected chi connectivity index (χ2v) is 7.25. The Hall–Kier alpha value is -5.14. The normalized spacial score (nSPS) is 10.9. The highest BCUT2D eigenvalue weighted by Gasteiger charge is 2.25. The van der Waals surface area contributed by atoms with Crippen molar-refractivity contribution in [2.24, 2.45) is 5.10 Å². The summed E-state index contributed by atoms with van der Waals surface area (Å²) in [6.45, 7) is 2.39. The van der Waals surface area contributed by atoms with Crippen LogP contribution in [0.3, 0.4) is 0 Å². The number of carbonyl (C=O) groups excluding carboxylic acids is 1. The third kappa shape index (κ3) is 4.98. The van der Waals surface area contributed by atoms with E-state index in [9.17, 15) is 4.79 Å². The number of anilines is 1. The number of amides is 1. The molecule has 0 aliphatic rings. The number of nitrogens with two attached hydrogens (primary N) is 1. The van der Waals surface area contributed by atoms with Gasteiger partial charge in [0.15, 0.2) is 17.2 Å². The van der Waals surface area contributed by atoms with Gasteiger partial charge in [0.25, 0.3) is 5.91 Å². The lowest BCUT2D eigenvalue weighted by Crippen LogP contribution is -2.19. The largest absolute Gasteiger partial charge is 0.494 e. The van der Waals surface area contributed by atoms with E-state index in [0.29, 0.717) is 46.4 Å². The van der Waals surface area contributed by atoms with Crippen molar-refractivity contribution in [3.05, 3.63) is 47.7 Å². The maximum atomic E-state index is 13.1. The van der Waals surface area contributed by atoms with Crippen molar-refractivity contribution in [1.29, 1.82) is 0 Å². The summed E-state index contributed by atoms with van der Waals surface area (Å²) in [5.41, 5.74) is 9.69. The second-order valence-electron chi connectivity index (χ2n) is 7.25.